The maximum Gasteiger partial charge on any atom is 0.249 e. The van der Waals surface area contributed by atoms with E-state index in [4.69, 9.17) is 34.8 Å². The van der Waals surface area contributed by atoms with Crippen molar-refractivity contribution in [3.63, 3.8) is 0 Å². The van der Waals surface area contributed by atoms with Gasteiger partial charge in [-0.25, -0.2) is 0 Å². The van der Waals surface area contributed by atoms with Gasteiger partial charge in [0.05, 0.1) is 20.8 Å². The highest BCUT2D eigenvalue weighted by Crippen LogP contribution is 2.35. The molecule has 0 spiro atoms. The number of halogens is 3. The maximum absolute atomic E-state index is 12.7. The molecule has 114 valence electrons. The van der Waals surface area contributed by atoms with Crippen LogP contribution in [0.4, 0.5) is 5.69 Å². The summed E-state index contributed by atoms with van der Waals surface area (Å²) in [4.78, 5) is 25.9. The van der Waals surface area contributed by atoms with Gasteiger partial charge in [0, 0.05) is 13.0 Å². The Labute approximate surface area is 138 Å². The molecule has 7 heteroatoms. The van der Waals surface area contributed by atoms with Gasteiger partial charge in [-0.2, -0.15) is 0 Å². The Bertz CT molecular complexity index is 590. The molecule has 0 bridgehead atoms. The molecular formula is C14H15Cl3N2O2. The molecule has 2 amide bonds. The molecule has 1 unspecified atom stereocenters. The van der Waals surface area contributed by atoms with Crippen molar-refractivity contribution in [2.75, 3.05) is 11.4 Å². The number of nitrogens with zero attached hydrogens (tertiary/aromatic N) is 1. The van der Waals surface area contributed by atoms with E-state index in [1.807, 2.05) is 13.8 Å². The highest BCUT2D eigenvalue weighted by Gasteiger charge is 2.33. The van der Waals surface area contributed by atoms with Gasteiger partial charge in [-0.3, -0.25) is 9.59 Å². The molecule has 2 rings (SSSR count). The van der Waals surface area contributed by atoms with Crippen molar-refractivity contribution in [2.24, 2.45) is 5.92 Å². The molecule has 1 N–H and O–H groups in total. The largest absolute Gasteiger partial charge is 0.344 e. The number of hydrogen-bond acceptors (Lipinski definition) is 2. The average molecular weight is 350 g/mol. The number of anilines is 1. The van der Waals surface area contributed by atoms with E-state index in [0.717, 1.165) is 0 Å². The minimum absolute atomic E-state index is 0.0244. The zero-order valence-electron chi connectivity index (χ0n) is 11.6. The summed E-state index contributed by atoms with van der Waals surface area (Å²) in [5.41, 5.74) is 0.471. The van der Waals surface area contributed by atoms with Crippen LogP contribution in [0.2, 0.25) is 15.1 Å². The van der Waals surface area contributed by atoms with E-state index in [1.54, 1.807) is 6.07 Å². The van der Waals surface area contributed by atoms with E-state index < -0.39 is 6.04 Å². The zero-order chi connectivity index (χ0) is 15.7. The summed E-state index contributed by atoms with van der Waals surface area (Å²) in [6.07, 6.45) is 0.214. The van der Waals surface area contributed by atoms with E-state index in [2.05, 4.69) is 5.32 Å². The molecule has 1 atom stereocenters. The molecule has 4 nitrogen and oxygen atoms in total. The van der Waals surface area contributed by atoms with Crippen LogP contribution in [0.3, 0.4) is 0 Å². The number of amides is 2. The second-order valence-corrected chi connectivity index (χ2v) is 6.47. The van der Waals surface area contributed by atoms with Crippen molar-refractivity contribution in [3.05, 3.63) is 27.2 Å². The van der Waals surface area contributed by atoms with Crippen LogP contribution in [0, 0.1) is 5.92 Å². The second-order valence-electron chi connectivity index (χ2n) is 5.25. The lowest BCUT2D eigenvalue weighted by molar-refractivity contribution is -0.126. The Morgan fingerprint density at radius 1 is 1.14 bits per heavy atom. The van der Waals surface area contributed by atoms with Crippen LogP contribution in [0.5, 0.6) is 0 Å². The highest BCUT2D eigenvalue weighted by atomic mass is 35.5. The van der Waals surface area contributed by atoms with Crippen LogP contribution >= 0.6 is 34.8 Å². The Morgan fingerprint density at radius 3 is 2.38 bits per heavy atom. The zero-order valence-corrected chi connectivity index (χ0v) is 13.9. The third kappa shape index (κ3) is 3.44. The lowest BCUT2D eigenvalue weighted by Crippen LogP contribution is -2.48. The van der Waals surface area contributed by atoms with Crippen molar-refractivity contribution in [1.29, 1.82) is 0 Å². The average Bonchev–Trinajstić information content (AvgIpc) is 2.54. The lowest BCUT2D eigenvalue weighted by Gasteiger charge is -2.27. The monoisotopic (exact) mass is 348 g/mol. The third-order valence-corrected chi connectivity index (χ3v) is 4.38. The van der Waals surface area contributed by atoms with E-state index in [9.17, 15) is 9.59 Å². The van der Waals surface area contributed by atoms with Gasteiger partial charge in [-0.1, -0.05) is 48.7 Å². The van der Waals surface area contributed by atoms with Crippen LogP contribution in [-0.4, -0.2) is 24.4 Å². The number of nitrogens with one attached hydrogen (secondary N) is 1. The molecule has 0 aliphatic carbocycles. The summed E-state index contributed by atoms with van der Waals surface area (Å²) in [6, 6.07) is 2.47. The summed E-state index contributed by atoms with van der Waals surface area (Å²) in [6.45, 7) is 4.01. The Morgan fingerprint density at radius 2 is 1.76 bits per heavy atom. The van der Waals surface area contributed by atoms with Crippen LogP contribution < -0.4 is 10.2 Å². The molecule has 1 heterocycles. The summed E-state index contributed by atoms with van der Waals surface area (Å²) in [5.74, 6) is -0.375. The first kappa shape index (κ1) is 16.4. The van der Waals surface area contributed by atoms with Gasteiger partial charge in [-0.15, -0.1) is 0 Å². The van der Waals surface area contributed by atoms with Crippen LogP contribution in [0.15, 0.2) is 12.1 Å². The Kier molecular flexibility index (Phi) is 5.02. The molecule has 1 aromatic rings. The van der Waals surface area contributed by atoms with Gasteiger partial charge in [0.25, 0.3) is 0 Å². The van der Waals surface area contributed by atoms with E-state index >= 15 is 0 Å². The molecule has 1 aromatic carbocycles. The number of hydrogen-bond donors (Lipinski definition) is 1. The fourth-order valence-corrected chi connectivity index (χ4v) is 2.85. The fourth-order valence-electron chi connectivity index (χ4n) is 2.21. The van der Waals surface area contributed by atoms with Crippen LogP contribution in [-0.2, 0) is 9.59 Å². The van der Waals surface area contributed by atoms with Gasteiger partial charge in [-0.05, 0) is 18.1 Å². The first-order valence-electron chi connectivity index (χ1n) is 6.56. The van der Waals surface area contributed by atoms with Gasteiger partial charge >= 0.3 is 0 Å². The van der Waals surface area contributed by atoms with Gasteiger partial charge < -0.3 is 10.2 Å². The summed E-state index contributed by atoms with van der Waals surface area (Å²) >= 11 is 18.1. The molecule has 1 aliphatic rings. The summed E-state index contributed by atoms with van der Waals surface area (Å²) in [7, 11) is 0. The van der Waals surface area contributed by atoms with Crippen LogP contribution in [0.25, 0.3) is 0 Å². The van der Waals surface area contributed by atoms with Gasteiger partial charge in [0.1, 0.15) is 6.04 Å². The first-order chi connectivity index (χ1) is 9.81. The van der Waals surface area contributed by atoms with E-state index in [0.29, 0.717) is 20.8 Å². The smallest absolute Gasteiger partial charge is 0.249 e. The molecule has 1 saturated heterocycles. The van der Waals surface area contributed by atoms with Crippen molar-refractivity contribution in [2.45, 2.75) is 26.3 Å². The molecule has 1 aliphatic heterocycles. The normalized spacial score (nSPS) is 19.7. The SMILES string of the molecule is CC(C)C1NC(=O)CCN(c2cc(Cl)c(Cl)cc2Cl)C1=O. The predicted molar refractivity (Wildman–Crippen MR) is 85.2 cm³/mol. The second kappa shape index (κ2) is 6.42. The van der Waals surface area contributed by atoms with E-state index in [-0.39, 0.29) is 30.7 Å². The Hall–Kier alpha value is -0.970. The lowest BCUT2D eigenvalue weighted by atomic mass is 10.0. The number of carbonyl (C=O) groups excluding carboxylic acids is 2. The number of benzene rings is 1. The minimum atomic E-state index is -0.578. The first-order valence-corrected chi connectivity index (χ1v) is 7.70. The molecule has 0 radical (unpaired) electrons. The van der Waals surface area contributed by atoms with Crippen molar-refractivity contribution in [3.8, 4) is 0 Å². The van der Waals surface area contributed by atoms with Gasteiger partial charge in [0.2, 0.25) is 11.8 Å². The van der Waals surface area contributed by atoms with Crippen molar-refractivity contribution < 1.29 is 9.59 Å². The van der Waals surface area contributed by atoms with Gasteiger partial charge in [0.15, 0.2) is 0 Å². The van der Waals surface area contributed by atoms with Crippen molar-refractivity contribution >= 4 is 52.3 Å². The molecule has 21 heavy (non-hydrogen) atoms. The topological polar surface area (TPSA) is 49.4 Å². The quantitative estimate of drug-likeness (QED) is 0.830. The Balaban J connectivity index is 2.44. The standard InChI is InChI=1S/C14H15Cl3N2O2/c1-7(2)13-14(21)19(4-3-12(20)18-13)11-6-9(16)8(15)5-10(11)17/h5-7,13H,3-4H2,1-2H3,(H,18,20). The number of carbonyl (C=O) groups is 2. The van der Waals surface area contributed by atoms with E-state index in [1.165, 1.54) is 11.0 Å². The summed E-state index contributed by atoms with van der Waals surface area (Å²) < 4.78 is 0. The third-order valence-electron chi connectivity index (χ3n) is 3.36. The number of rotatable bonds is 2. The molecule has 0 saturated carbocycles. The fraction of sp³-hybridized carbons (Fsp3) is 0.429. The minimum Gasteiger partial charge on any atom is -0.344 e. The summed E-state index contributed by atoms with van der Waals surface area (Å²) in [5, 5.41) is 3.70. The maximum atomic E-state index is 12.7. The highest BCUT2D eigenvalue weighted by molar-refractivity contribution is 6.44. The van der Waals surface area contributed by atoms with Crippen molar-refractivity contribution in [1.82, 2.24) is 5.32 Å². The van der Waals surface area contributed by atoms with Crippen LogP contribution in [0.1, 0.15) is 20.3 Å². The molecular weight excluding hydrogens is 335 g/mol. The molecule has 1 fully saturated rings. The molecule has 0 aromatic heterocycles. The predicted octanol–water partition coefficient (Wildman–Crippen LogP) is 3.52.